The van der Waals surface area contributed by atoms with Gasteiger partial charge in [0.1, 0.15) is 5.75 Å². The monoisotopic (exact) mass is 325 g/mol. The van der Waals surface area contributed by atoms with E-state index in [2.05, 4.69) is 10.3 Å². The highest BCUT2D eigenvalue weighted by atomic mass is 16.5. The van der Waals surface area contributed by atoms with Gasteiger partial charge >= 0.3 is 0 Å². The predicted molar refractivity (Wildman–Crippen MR) is 96.5 cm³/mol. The average Bonchev–Trinajstić information content (AvgIpc) is 2.88. The Balaban J connectivity index is 1.67. The van der Waals surface area contributed by atoms with Gasteiger partial charge in [-0.05, 0) is 47.9 Å². The SMILES string of the molecule is COc1cccc(CN=C(C)Nc2ccc3c(c2)[C@@H](N)[C@H](O)C3)c1. The second-order valence-electron chi connectivity index (χ2n) is 6.09. The molecule has 3 rings (SSSR count). The van der Waals surface area contributed by atoms with Gasteiger partial charge in [-0.3, -0.25) is 4.99 Å². The largest absolute Gasteiger partial charge is 0.497 e. The van der Waals surface area contributed by atoms with Crippen LogP contribution in [-0.4, -0.2) is 24.2 Å². The number of aliphatic hydroxyl groups excluding tert-OH is 1. The van der Waals surface area contributed by atoms with Crippen LogP contribution in [0.25, 0.3) is 0 Å². The normalized spacial score (nSPS) is 19.9. The van der Waals surface area contributed by atoms with Crippen molar-refractivity contribution in [2.24, 2.45) is 10.7 Å². The molecule has 5 heteroatoms. The van der Waals surface area contributed by atoms with Crippen molar-refractivity contribution in [2.75, 3.05) is 12.4 Å². The molecule has 0 spiro atoms. The number of nitrogens with one attached hydrogen (secondary N) is 1. The Labute approximate surface area is 142 Å². The molecule has 0 saturated carbocycles. The molecular weight excluding hydrogens is 302 g/mol. The summed E-state index contributed by atoms with van der Waals surface area (Å²) >= 11 is 0. The van der Waals surface area contributed by atoms with Crippen LogP contribution in [0.2, 0.25) is 0 Å². The molecule has 4 N–H and O–H groups in total. The zero-order valence-electron chi connectivity index (χ0n) is 14.0. The van der Waals surface area contributed by atoms with Crippen molar-refractivity contribution in [1.82, 2.24) is 0 Å². The number of rotatable bonds is 4. The Morgan fingerprint density at radius 3 is 2.96 bits per heavy atom. The van der Waals surface area contributed by atoms with Crippen LogP contribution in [0.1, 0.15) is 29.7 Å². The molecule has 126 valence electrons. The van der Waals surface area contributed by atoms with Crippen molar-refractivity contribution in [1.29, 1.82) is 0 Å². The molecule has 0 aliphatic heterocycles. The number of anilines is 1. The van der Waals surface area contributed by atoms with E-state index in [9.17, 15) is 5.11 Å². The predicted octanol–water partition coefficient (Wildman–Crippen LogP) is 2.64. The van der Waals surface area contributed by atoms with Crippen LogP contribution in [0.5, 0.6) is 5.75 Å². The van der Waals surface area contributed by atoms with Gasteiger partial charge in [-0.15, -0.1) is 0 Å². The maximum absolute atomic E-state index is 9.87. The number of nitrogens with two attached hydrogens (primary N) is 1. The molecule has 0 fully saturated rings. The van der Waals surface area contributed by atoms with E-state index in [1.54, 1.807) is 7.11 Å². The molecule has 24 heavy (non-hydrogen) atoms. The first kappa shape index (κ1) is 16.5. The van der Waals surface area contributed by atoms with E-state index in [4.69, 9.17) is 10.5 Å². The quantitative estimate of drug-likeness (QED) is 0.596. The van der Waals surface area contributed by atoms with Gasteiger partial charge in [0.25, 0.3) is 0 Å². The maximum atomic E-state index is 9.87. The van der Waals surface area contributed by atoms with Crippen LogP contribution in [0.15, 0.2) is 47.5 Å². The van der Waals surface area contributed by atoms with Gasteiger partial charge in [0.15, 0.2) is 0 Å². The third-order valence-electron chi connectivity index (χ3n) is 4.31. The first-order valence-electron chi connectivity index (χ1n) is 8.04. The number of aliphatic imine (C=N–C) groups is 1. The number of ether oxygens (including phenoxy) is 1. The number of benzene rings is 2. The number of hydrogen-bond donors (Lipinski definition) is 3. The number of fused-ring (bicyclic) bond motifs is 1. The van der Waals surface area contributed by atoms with Crippen LogP contribution in [-0.2, 0) is 13.0 Å². The first-order valence-corrected chi connectivity index (χ1v) is 8.04. The maximum Gasteiger partial charge on any atom is 0.119 e. The van der Waals surface area contributed by atoms with E-state index in [1.807, 2.05) is 49.4 Å². The lowest BCUT2D eigenvalue weighted by Gasteiger charge is -2.11. The lowest BCUT2D eigenvalue weighted by Crippen LogP contribution is -2.21. The summed E-state index contributed by atoms with van der Waals surface area (Å²) in [5, 5.41) is 13.2. The fraction of sp³-hybridized carbons (Fsp3) is 0.316. The van der Waals surface area contributed by atoms with Crippen molar-refractivity contribution >= 4 is 11.5 Å². The van der Waals surface area contributed by atoms with Crippen molar-refractivity contribution in [3.05, 3.63) is 59.2 Å². The van der Waals surface area contributed by atoms with Crippen molar-refractivity contribution in [3.63, 3.8) is 0 Å². The number of aliphatic hydroxyl groups is 1. The minimum Gasteiger partial charge on any atom is -0.497 e. The van der Waals surface area contributed by atoms with Gasteiger partial charge in [-0.25, -0.2) is 0 Å². The zero-order chi connectivity index (χ0) is 17.1. The van der Waals surface area contributed by atoms with Crippen LogP contribution >= 0.6 is 0 Å². The summed E-state index contributed by atoms with van der Waals surface area (Å²) in [7, 11) is 1.66. The highest BCUT2D eigenvalue weighted by Gasteiger charge is 2.27. The van der Waals surface area contributed by atoms with Gasteiger partial charge in [0, 0.05) is 12.1 Å². The fourth-order valence-electron chi connectivity index (χ4n) is 2.96. The minimum absolute atomic E-state index is 0.309. The fourth-order valence-corrected chi connectivity index (χ4v) is 2.96. The number of amidine groups is 1. The summed E-state index contributed by atoms with van der Waals surface area (Å²) in [4.78, 5) is 4.56. The average molecular weight is 325 g/mol. The van der Waals surface area contributed by atoms with E-state index in [0.29, 0.717) is 13.0 Å². The lowest BCUT2D eigenvalue weighted by atomic mass is 10.1. The molecule has 0 unspecified atom stereocenters. The van der Waals surface area contributed by atoms with Gasteiger partial charge < -0.3 is 20.9 Å². The molecule has 1 aliphatic carbocycles. The molecule has 2 aromatic carbocycles. The van der Waals surface area contributed by atoms with E-state index in [0.717, 1.165) is 34.0 Å². The standard InChI is InChI=1S/C19H23N3O2/c1-12(21-11-13-4-3-5-16(8-13)24-2)22-15-7-6-14-9-18(23)19(20)17(14)10-15/h3-8,10,18-19,23H,9,11,20H2,1-2H3,(H,21,22)/t18-,19-/m1/s1. The molecule has 2 atom stereocenters. The van der Waals surface area contributed by atoms with Gasteiger partial charge in [-0.1, -0.05) is 18.2 Å². The van der Waals surface area contributed by atoms with Gasteiger partial charge in [0.05, 0.1) is 31.6 Å². The molecule has 2 aromatic rings. The molecular formula is C19H23N3O2. The molecule has 0 saturated heterocycles. The molecule has 0 amide bonds. The van der Waals surface area contributed by atoms with E-state index >= 15 is 0 Å². The van der Waals surface area contributed by atoms with Crippen LogP contribution in [0.4, 0.5) is 5.69 Å². The van der Waals surface area contributed by atoms with Crippen LogP contribution < -0.4 is 15.8 Å². The molecule has 5 nitrogen and oxygen atoms in total. The highest BCUT2D eigenvalue weighted by Crippen LogP contribution is 2.31. The number of nitrogens with zero attached hydrogens (tertiary/aromatic N) is 1. The summed E-state index contributed by atoms with van der Waals surface area (Å²) in [5.41, 5.74) is 10.2. The highest BCUT2D eigenvalue weighted by molar-refractivity contribution is 5.93. The summed E-state index contributed by atoms with van der Waals surface area (Å²) in [6.45, 7) is 2.52. The molecule has 0 bridgehead atoms. The lowest BCUT2D eigenvalue weighted by molar-refractivity contribution is 0.158. The molecule has 1 aliphatic rings. The molecule has 0 aromatic heterocycles. The minimum atomic E-state index is -0.488. The Kier molecular flexibility index (Phi) is 4.83. The third kappa shape index (κ3) is 3.58. The van der Waals surface area contributed by atoms with Crippen molar-refractivity contribution in [2.45, 2.75) is 32.0 Å². The summed E-state index contributed by atoms with van der Waals surface area (Å²) in [6, 6.07) is 13.6. The topological polar surface area (TPSA) is 79.9 Å². The Hall–Kier alpha value is -2.37. The second-order valence-corrected chi connectivity index (χ2v) is 6.09. The van der Waals surface area contributed by atoms with E-state index in [1.165, 1.54) is 0 Å². The Morgan fingerprint density at radius 2 is 2.17 bits per heavy atom. The third-order valence-corrected chi connectivity index (χ3v) is 4.31. The smallest absolute Gasteiger partial charge is 0.119 e. The first-order chi connectivity index (χ1) is 11.6. The van der Waals surface area contributed by atoms with Gasteiger partial charge in [-0.2, -0.15) is 0 Å². The Morgan fingerprint density at radius 1 is 1.33 bits per heavy atom. The van der Waals surface area contributed by atoms with Crippen LogP contribution in [0.3, 0.4) is 0 Å². The van der Waals surface area contributed by atoms with Crippen LogP contribution in [0, 0.1) is 0 Å². The molecule has 0 heterocycles. The van der Waals surface area contributed by atoms with Gasteiger partial charge in [0.2, 0.25) is 0 Å². The Bertz CT molecular complexity index is 758. The van der Waals surface area contributed by atoms with E-state index < -0.39 is 6.10 Å². The number of hydrogen-bond acceptors (Lipinski definition) is 4. The van der Waals surface area contributed by atoms with Crippen molar-refractivity contribution in [3.8, 4) is 5.75 Å². The number of methoxy groups -OCH3 is 1. The second kappa shape index (κ2) is 7.03. The van der Waals surface area contributed by atoms with E-state index in [-0.39, 0.29) is 6.04 Å². The van der Waals surface area contributed by atoms with Crippen molar-refractivity contribution < 1.29 is 9.84 Å². The molecule has 0 radical (unpaired) electrons. The zero-order valence-corrected chi connectivity index (χ0v) is 14.0. The summed E-state index contributed by atoms with van der Waals surface area (Å²) in [5.74, 6) is 1.66. The summed E-state index contributed by atoms with van der Waals surface area (Å²) < 4.78 is 5.22. The summed E-state index contributed by atoms with van der Waals surface area (Å²) in [6.07, 6.45) is 0.137.